The molecule has 6 heteroatoms. The minimum Gasteiger partial charge on any atom is -0.497 e. The molecule has 0 fully saturated rings. The number of benzene rings is 1. The van der Waals surface area contributed by atoms with Crippen molar-refractivity contribution in [1.82, 2.24) is 4.98 Å². The molecule has 0 aliphatic carbocycles. The van der Waals surface area contributed by atoms with Gasteiger partial charge in [0.25, 0.3) is 5.56 Å². The third kappa shape index (κ3) is 3.49. The van der Waals surface area contributed by atoms with Crippen LogP contribution in [0.4, 0.5) is 0 Å². The number of ketones is 1. The van der Waals surface area contributed by atoms with E-state index in [1.165, 1.54) is 23.7 Å². The molecule has 0 saturated heterocycles. The van der Waals surface area contributed by atoms with Crippen molar-refractivity contribution in [3.8, 4) is 5.75 Å². The van der Waals surface area contributed by atoms with E-state index in [9.17, 15) is 9.59 Å². The highest BCUT2D eigenvalue weighted by Crippen LogP contribution is 2.12. The fraction of sp³-hybridized carbons (Fsp3) is 0.0588. The fourth-order valence-electron chi connectivity index (χ4n) is 2.02. The zero-order valence-corrected chi connectivity index (χ0v) is 13.1. The van der Waals surface area contributed by atoms with Gasteiger partial charge < -0.3 is 14.1 Å². The molecule has 0 amide bonds. The molecule has 0 aliphatic heterocycles. The highest BCUT2D eigenvalue weighted by atomic mass is 32.1. The van der Waals surface area contributed by atoms with Gasteiger partial charge in [-0.2, -0.15) is 0 Å². The number of methoxy groups -OCH3 is 1. The zero-order chi connectivity index (χ0) is 16.2. The fourth-order valence-corrected chi connectivity index (χ4v) is 2.90. The number of thiazole rings is 1. The Morgan fingerprint density at radius 1 is 1.30 bits per heavy atom. The summed E-state index contributed by atoms with van der Waals surface area (Å²) in [5, 5.41) is 0. The van der Waals surface area contributed by atoms with E-state index < -0.39 is 0 Å². The van der Waals surface area contributed by atoms with Gasteiger partial charge >= 0.3 is 0 Å². The summed E-state index contributed by atoms with van der Waals surface area (Å²) in [5.74, 6) is 0.657. The Hall–Kier alpha value is -2.86. The lowest BCUT2D eigenvalue weighted by Crippen LogP contribution is -2.19. The predicted molar refractivity (Wildman–Crippen MR) is 88.3 cm³/mol. The molecule has 3 aromatic rings. The molecule has 2 heterocycles. The van der Waals surface area contributed by atoms with Gasteiger partial charge in [-0.3, -0.25) is 9.59 Å². The number of Topliss-reactive ketones (excluding diaryl/α,β-unsaturated/α-hetero) is 1. The molecule has 3 rings (SSSR count). The third-order valence-electron chi connectivity index (χ3n) is 3.10. The van der Waals surface area contributed by atoms with Crippen molar-refractivity contribution in [3.63, 3.8) is 0 Å². The second-order valence-corrected chi connectivity index (χ2v) is 5.78. The highest BCUT2D eigenvalue weighted by molar-refractivity contribution is 7.07. The van der Waals surface area contributed by atoms with E-state index in [1.807, 2.05) is 24.3 Å². The summed E-state index contributed by atoms with van der Waals surface area (Å²) in [5.41, 5.74) is 0.608. The molecular formula is C17H13NO4S. The second kappa shape index (κ2) is 6.50. The van der Waals surface area contributed by atoms with Gasteiger partial charge in [-0.05, 0) is 35.9 Å². The lowest BCUT2D eigenvalue weighted by Gasteiger charge is -1.99. The summed E-state index contributed by atoms with van der Waals surface area (Å²) in [4.78, 5) is 26.6. The van der Waals surface area contributed by atoms with E-state index in [1.54, 1.807) is 25.3 Å². The maximum atomic E-state index is 12.0. The van der Waals surface area contributed by atoms with Gasteiger partial charge in [0.2, 0.25) is 5.78 Å². The molecule has 0 aliphatic rings. The Kier molecular flexibility index (Phi) is 4.25. The summed E-state index contributed by atoms with van der Waals surface area (Å²) >= 11 is 1.21. The van der Waals surface area contributed by atoms with E-state index in [0.717, 1.165) is 5.56 Å². The van der Waals surface area contributed by atoms with Crippen molar-refractivity contribution in [2.75, 3.05) is 7.11 Å². The molecule has 0 radical (unpaired) electrons. The van der Waals surface area contributed by atoms with Crippen LogP contribution in [-0.2, 0) is 0 Å². The summed E-state index contributed by atoms with van der Waals surface area (Å²) in [7, 11) is 1.59. The number of nitrogens with one attached hydrogen (secondary N) is 1. The van der Waals surface area contributed by atoms with Gasteiger partial charge in [-0.25, -0.2) is 0 Å². The number of furan rings is 1. The standard InChI is InChI=1S/C17H13NO4S/c1-21-12-5-2-4-11(8-12)9-15-17(20)18-16(23-15)10-13(19)14-6-3-7-22-14/h2-10H,1H3,(H,18,20). The van der Waals surface area contributed by atoms with Gasteiger partial charge in [0.15, 0.2) is 5.76 Å². The van der Waals surface area contributed by atoms with Gasteiger partial charge in [0.05, 0.1) is 22.6 Å². The topological polar surface area (TPSA) is 72.3 Å². The first-order chi connectivity index (χ1) is 11.2. The number of carbonyl (C=O) groups excluding carboxylic acids is 1. The number of carbonyl (C=O) groups is 1. The number of hydrogen-bond acceptors (Lipinski definition) is 5. The molecule has 0 bridgehead atoms. The Morgan fingerprint density at radius 3 is 2.91 bits per heavy atom. The first-order valence-corrected chi connectivity index (χ1v) is 7.62. The van der Waals surface area contributed by atoms with Crippen molar-refractivity contribution in [3.05, 3.63) is 73.5 Å². The normalized spacial score (nSPS) is 12.6. The quantitative estimate of drug-likeness (QED) is 0.738. The molecule has 0 unspecified atom stereocenters. The van der Waals surface area contributed by atoms with E-state index in [2.05, 4.69) is 4.98 Å². The van der Waals surface area contributed by atoms with Crippen LogP contribution >= 0.6 is 11.3 Å². The zero-order valence-electron chi connectivity index (χ0n) is 12.2. The molecule has 5 nitrogen and oxygen atoms in total. The molecule has 116 valence electrons. The minimum absolute atomic E-state index is 0.234. The molecule has 1 N–H and O–H groups in total. The SMILES string of the molecule is COc1cccc(C=c2sc(=CC(=O)c3ccco3)[nH]c2=O)c1. The average molecular weight is 327 g/mol. The molecular weight excluding hydrogens is 314 g/mol. The molecule has 23 heavy (non-hydrogen) atoms. The van der Waals surface area contributed by atoms with Gasteiger partial charge in [0, 0.05) is 6.08 Å². The number of aromatic nitrogens is 1. The van der Waals surface area contributed by atoms with Crippen LogP contribution in [-0.4, -0.2) is 17.9 Å². The molecule has 0 saturated carbocycles. The van der Waals surface area contributed by atoms with Crippen LogP contribution in [0.5, 0.6) is 5.75 Å². The molecule has 2 aromatic heterocycles. The third-order valence-corrected chi connectivity index (χ3v) is 4.06. The first-order valence-electron chi connectivity index (χ1n) is 6.80. The number of aromatic amines is 1. The van der Waals surface area contributed by atoms with E-state index in [-0.39, 0.29) is 17.1 Å². The minimum atomic E-state index is -0.291. The monoisotopic (exact) mass is 327 g/mol. The number of rotatable bonds is 4. The number of ether oxygens (including phenoxy) is 1. The highest BCUT2D eigenvalue weighted by Gasteiger charge is 2.05. The number of H-pyrrole nitrogens is 1. The Morgan fingerprint density at radius 2 is 2.17 bits per heavy atom. The molecule has 0 spiro atoms. The summed E-state index contributed by atoms with van der Waals surface area (Å²) in [6.45, 7) is 0. The smallest absolute Gasteiger partial charge is 0.266 e. The first kappa shape index (κ1) is 15.1. The van der Waals surface area contributed by atoms with Crippen molar-refractivity contribution >= 4 is 29.3 Å². The Balaban J connectivity index is 1.99. The summed E-state index contributed by atoms with van der Waals surface area (Å²) in [6, 6.07) is 10.6. The second-order valence-electron chi connectivity index (χ2n) is 4.69. The van der Waals surface area contributed by atoms with E-state index >= 15 is 0 Å². The number of hydrogen-bond donors (Lipinski definition) is 1. The van der Waals surface area contributed by atoms with Crippen molar-refractivity contribution in [2.45, 2.75) is 0 Å². The molecule has 0 atom stereocenters. The lowest BCUT2D eigenvalue weighted by atomic mass is 10.2. The largest absolute Gasteiger partial charge is 0.497 e. The summed E-state index contributed by atoms with van der Waals surface area (Å²) in [6.07, 6.45) is 4.54. The van der Waals surface area contributed by atoms with Crippen molar-refractivity contribution < 1.29 is 13.9 Å². The van der Waals surface area contributed by atoms with Crippen LogP contribution in [0.1, 0.15) is 16.1 Å². The van der Waals surface area contributed by atoms with Crippen LogP contribution < -0.4 is 19.5 Å². The van der Waals surface area contributed by atoms with Crippen LogP contribution in [0.2, 0.25) is 0 Å². The van der Waals surface area contributed by atoms with Crippen molar-refractivity contribution in [1.29, 1.82) is 0 Å². The van der Waals surface area contributed by atoms with Crippen LogP contribution in [0.3, 0.4) is 0 Å². The predicted octanol–water partition coefficient (Wildman–Crippen LogP) is 1.53. The molecule has 1 aromatic carbocycles. The van der Waals surface area contributed by atoms with E-state index in [0.29, 0.717) is 14.9 Å². The Bertz CT molecular complexity index is 996. The van der Waals surface area contributed by atoms with Crippen LogP contribution in [0.15, 0.2) is 51.9 Å². The van der Waals surface area contributed by atoms with Crippen molar-refractivity contribution in [2.24, 2.45) is 0 Å². The van der Waals surface area contributed by atoms with Gasteiger partial charge in [0.1, 0.15) is 5.75 Å². The van der Waals surface area contributed by atoms with Crippen LogP contribution in [0, 0.1) is 0 Å². The van der Waals surface area contributed by atoms with Gasteiger partial charge in [-0.1, -0.05) is 12.1 Å². The maximum Gasteiger partial charge on any atom is 0.266 e. The average Bonchev–Trinajstić information content (AvgIpc) is 3.18. The Labute approximate surface area is 135 Å². The van der Waals surface area contributed by atoms with Gasteiger partial charge in [-0.15, -0.1) is 11.3 Å². The van der Waals surface area contributed by atoms with E-state index in [4.69, 9.17) is 9.15 Å². The van der Waals surface area contributed by atoms with Crippen LogP contribution in [0.25, 0.3) is 12.2 Å². The lowest BCUT2D eigenvalue weighted by molar-refractivity contribution is 0.103. The maximum absolute atomic E-state index is 12.0. The summed E-state index contributed by atoms with van der Waals surface area (Å²) < 4.78 is 11.2.